The van der Waals surface area contributed by atoms with E-state index in [1.807, 2.05) is 22.6 Å². The topological polar surface area (TPSA) is 49.6 Å². The van der Waals surface area contributed by atoms with Crippen LogP contribution in [0.15, 0.2) is 73.1 Å². The van der Waals surface area contributed by atoms with Crippen molar-refractivity contribution in [1.29, 1.82) is 0 Å². The molecule has 0 atom stereocenters. The van der Waals surface area contributed by atoms with E-state index in [4.69, 9.17) is 16.6 Å². The van der Waals surface area contributed by atoms with Gasteiger partial charge in [0.15, 0.2) is 0 Å². The second kappa shape index (κ2) is 8.33. The number of likely N-dealkylation sites (N-methyl/N-ethyl adjacent to an activating group) is 1. The zero-order chi connectivity index (χ0) is 24.2. The summed E-state index contributed by atoms with van der Waals surface area (Å²) in [6.45, 7) is 1.00. The predicted molar refractivity (Wildman–Crippen MR) is 143 cm³/mol. The molecule has 0 unspecified atom stereocenters. The first-order valence-corrected chi connectivity index (χ1v) is 12.2. The third-order valence-corrected chi connectivity index (χ3v) is 7.24. The fourth-order valence-corrected chi connectivity index (χ4v) is 5.54. The van der Waals surface area contributed by atoms with Crippen molar-refractivity contribution in [2.75, 3.05) is 32.6 Å². The molecule has 0 aliphatic heterocycles. The van der Waals surface area contributed by atoms with Crippen molar-refractivity contribution in [3.05, 3.63) is 83.6 Å². The van der Waals surface area contributed by atoms with Crippen LogP contribution in [-0.2, 0) is 5.41 Å². The van der Waals surface area contributed by atoms with Gasteiger partial charge in [-0.1, -0.05) is 54.1 Å². The zero-order valence-electron chi connectivity index (χ0n) is 20.1. The highest BCUT2D eigenvalue weighted by molar-refractivity contribution is 6.31. The van der Waals surface area contributed by atoms with E-state index in [2.05, 4.69) is 89.7 Å². The third kappa shape index (κ3) is 3.74. The number of anilines is 2. The van der Waals surface area contributed by atoms with Crippen molar-refractivity contribution in [2.24, 2.45) is 0 Å². The molecule has 1 fully saturated rings. The van der Waals surface area contributed by atoms with E-state index in [9.17, 15) is 0 Å². The predicted octanol–water partition coefficient (Wildman–Crippen LogP) is 5.96. The Hall–Kier alpha value is -3.48. The molecule has 1 aliphatic rings. The molecule has 0 saturated heterocycles. The second-order valence-electron chi connectivity index (χ2n) is 9.74. The molecule has 1 aliphatic carbocycles. The zero-order valence-corrected chi connectivity index (χ0v) is 20.9. The van der Waals surface area contributed by atoms with Crippen molar-refractivity contribution in [1.82, 2.24) is 24.5 Å². The van der Waals surface area contributed by atoms with Gasteiger partial charge in [-0.3, -0.25) is 4.40 Å². The Morgan fingerprint density at radius 1 is 0.971 bits per heavy atom. The molecule has 35 heavy (non-hydrogen) atoms. The van der Waals surface area contributed by atoms with Gasteiger partial charge in [0.05, 0.1) is 5.52 Å². The van der Waals surface area contributed by atoms with Crippen LogP contribution in [0.2, 0.25) is 5.02 Å². The molecule has 0 amide bonds. The lowest BCUT2D eigenvalue weighted by Gasteiger charge is -2.30. The molecule has 0 N–H and O–H groups in total. The summed E-state index contributed by atoms with van der Waals surface area (Å²) in [7, 11) is 6.42. The lowest BCUT2D eigenvalue weighted by Crippen LogP contribution is -2.28. The van der Waals surface area contributed by atoms with Gasteiger partial charge in [0.2, 0.25) is 0 Å². The van der Waals surface area contributed by atoms with Crippen LogP contribution < -0.4 is 4.90 Å². The highest BCUT2D eigenvalue weighted by Crippen LogP contribution is 2.55. The van der Waals surface area contributed by atoms with Crippen molar-refractivity contribution in [3.8, 4) is 11.1 Å². The van der Waals surface area contributed by atoms with Gasteiger partial charge in [0, 0.05) is 35.1 Å². The summed E-state index contributed by atoms with van der Waals surface area (Å²) in [5.41, 5.74) is 6.11. The minimum absolute atomic E-state index is 0.109. The van der Waals surface area contributed by atoms with Gasteiger partial charge < -0.3 is 9.80 Å². The second-order valence-corrected chi connectivity index (χ2v) is 10.2. The van der Waals surface area contributed by atoms with E-state index >= 15 is 0 Å². The van der Waals surface area contributed by atoms with E-state index in [-0.39, 0.29) is 5.41 Å². The van der Waals surface area contributed by atoms with E-state index in [1.54, 1.807) is 6.33 Å². The molecular weight excluding hydrogens is 456 g/mol. The standard InChI is InChI=1S/C28H27ClN6/c1-33(2)17-28(14-15-28)25-21(19-8-5-4-6-9-19)10-7-11-23(25)34(3)26-22-13-12-20(29)16-24(22)35-18-30-32-27(35)31-26/h4-13,16,18H,14-15,17H2,1-3H3. The van der Waals surface area contributed by atoms with E-state index in [1.165, 1.54) is 35.2 Å². The van der Waals surface area contributed by atoms with Gasteiger partial charge >= 0.3 is 0 Å². The van der Waals surface area contributed by atoms with E-state index in [0.717, 1.165) is 23.3 Å². The number of aromatic nitrogens is 4. The Balaban J connectivity index is 1.60. The maximum atomic E-state index is 6.37. The average molecular weight is 483 g/mol. The molecule has 176 valence electrons. The van der Waals surface area contributed by atoms with Crippen LogP contribution in [0.3, 0.4) is 0 Å². The minimum Gasteiger partial charge on any atom is -0.328 e. The molecular formula is C28H27ClN6. The van der Waals surface area contributed by atoms with Crippen molar-refractivity contribution in [2.45, 2.75) is 18.3 Å². The van der Waals surface area contributed by atoms with Gasteiger partial charge in [0.1, 0.15) is 12.1 Å². The highest BCUT2D eigenvalue weighted by atomic mass is 35.5. The lowest BCUT2D eigenvalue weighted by molar-refractivity contribution is 0.363. The Bertz CT molecular complexity index is 1540. The van der Waals surface area contributed by atoms with Crippen molar-refractivity contribution < 1.29 is 0 Å². The van der Waals surface area contributed by atoms with Gasteiger partial charge in [-0.2, -0.15) is 4.98 Å². The van der Waals surface area contributed by atoms with Crippen molar-refractivity contribution in [3.63, 3.8) is 0 Å². The van der Waals surface area contributed by atoms with Crippen LogP contribution in [0.1, 0.15) is 18.4 Å². The monoisotopic (exact) mass is 482 g/mol. The quantitative estimate of drug-likeness (QED) is 0.299. The Morgan fingerprint density at radius 3 is 2.51 bits per heavy atom. The molecule has 0 radical (unpaired) electrons. The molecule has 6 rings (SSSR count). The van der Waals surface area contributed by atoms with Crippen LogP contribution in [-0.4, -0.2) is 52.2 Å². The fourth-order valence-electron chi connectivity index (χ4n) is 5.37. The van der Waals surface area contributed by atoms with Crippen LogP contribution in [0.25, 0.3) is 27.8 Å². The normalized spacial score (nSPS) is 14.7. The summed E-state index contributed by atoms with van der Waals surface area (Å²) < 4.78 is 1.88. The molecule has 3 aromatic carbocycles. The largest absolute Gasteiger partial charge is 0.328 e. The molecule has 2 heterocycles. The van der Waals surface area contributed by atoms with Gasteiger partial charge in [0.25, 0.3) is 5.78 Å². The number of benzene rings is 3. The summed E-state index contributed by atoms with van der Waals surface area (Å²) in [5, 5.41) is 10.0. The van der Waals surface area contributed by atoms with Crippen LogP contribution in [0.4, 0.5) is 11.5 Å². The Morgan fingerprint density at radius 2 is 1.77 bits per heavy atom. The lowest BCUT2D eigenvalue weighted by atomic mass is 9.85. The molecule has 5 aromatic rings. The molecule has 1 saturated carbocycles. The van der Waals surface area contributed by atoms with Crippen LogP contribution in [0.5, 0.6) is 0 Å². The summed E-state index contributed by atoms with van der Waals surface area (Å²) in [5.74, 6) is 1.39. The maximum absolute atomic E-state index is 6.37. The smallest absolute Gasteiger partial charge is 0.257 e. The summed E-state index contributed by atoms with van der Waals surface area (Å²) in [6, 6.07) is 23.2. The molecule has 7 heteroatoms. The SMILES string of the molecule is CN(C)CC1(c2c(-c3ccccc3)cccc2N(C)c2nc3nncn3c3cc(Cl)ccc23)CC1. The van der Waals surface area contributed by atoms with E-state index in [0.29, 0.717) is 10.8 Å². The van der Waals surface area contributed by atoms with Crippen LogP contribution in [0, 0.1) is 0 Å². The fraction of sp³-hybridized carbons (Fsp3) is 0.250. The summed E-state index contributed by atoms with van der Waals surface area (Å²) in [6.07, 6.45) is 4.02. The number of rotatable bonds is 6. The first-order valence-electron chi connectivity index (χ1n) is 11.8. The number of hydrogen-bond acceptors (Lipinski definition) is 5. The number of nitrogens with zero attached hydrogens (tertiary/aromatic N) is 6. The third-order valence-electron chi connectivity index (χ3n) is 7.00. The maximum Gasteiger partial charge on any atom is 0.257 e. The average Bonchev–Trinajstić information content (AvgIpc) is 3.46. The van der Waals surface area contributed by atoms with Crippen LogP contribution >= 0.6 is 11.6 Å². The number of hydrogen-bond donors (Lipinski definition) is 0. The number of halogens is 1. The Kier molecular flexibility index (Phi) is 5.24. The summed E-state index contributed by atoms with van der Waals surface area (Å²) in [4.78, 5) is 9.45. The Labute approximate surface area is 209 Å². The van der Waals surface area contributed by atoms with Gasteiger partial charge in [-0.15, -0.1) is 10.2 Å². The molecule has 2 aromatic heterocycles. The first-order chi connectivity index (χ1) is 17.0. The van der Waals surface area contributed by atoms with Gasteiger partial charge in [-0.25, -0.2) is 0 Å². The molecule has 0 bridgehead atoms. The molecule has 6 nitrogen and oxygen atoms in total. The van der Waals surface area contributed by atoms with Crippen molar-refractivity contribution >= 4 is 39.8 Å². The van der Waals surface area contributed by atoms with Gasteiger partial charge in [-0.05, 0) is 67.9 Å². The molecule has 0 spiro atoms. The summed E-state index contributed by atoms with van der Waals surface area (Å²) >= 11 is 6.37. The first kappa shape index (κ1) is 22.0. The number of fused-ring (bicyclic) bond motifs is 3. The minimum atomic E-state index is 0.109. The van der Waals surface area contributed by atoms with E-state index < -0.39 is 0 Å². The highest BCUT2D eigenvalue weighted by Gasteiger charge is 2.48.